The highest BCUT2D eigenvalue weighted by atomic mass is 35.5. The molecule has 1 fully saturated rings. The Labute approximate surface area is 147 Å². The topological polar surface area (TPSA) is 50.4 Å². The molecule has 0 radical (unpaired) electrons. The summed E-state index contributed by atoms with van der Waals surface area (Å²) in [7, 11) is 2.06. The van der Waals surface area contributed by atoms with Gasteiger partial charge in [-0.1, -0.05) is 0 Å². The number of halogens is 1. The molecule has 24 heavy (non-hydrogen) atoms. The second kappa shape index (κ2) is 6.93. The lowest BCUT2D eigenvalue weighted by Crippen LogP contribution is -2.46. The van der Waals surface area contributed by atoms with Crippen molar-refractivity contribution in [2.45, 2.75) is 19.5 Å². The van der Waals surface area contributed by atoms with Gasteiger partial charge in [0.05, 0.1) is 17.9 Å². The number of imidazole rings is 2. The molecule has 0 aliphatic carbocycles. The molecule has 0 aromatic carbocycles. The first-order valence-corrected chi connectivity index (χ1v) is 8.07. The van der Waals surface area contributed by atoms with Crippen LogP contribution in [0.5, 0.6) is 0 Å². The second-order valence-electron chi connectivity index (χ2n) is 6.27. The summed E-state index contributed by atoms with van der Waals surface area (Å²) >= 11 is 0. The van der Waals surface area contributed by atoms with E-state index in [2.05, 4.69) is 61.5 Å². The standard InChI is InChI=1S/C17H22N6.ClH/c1-13-3-6-23-14(10-20-16(23)9-13)12-22-8-4-18-11-15(22)17-19-5-7-21(17)2;/h3,5-7,9-10,15,18H,4,8,11-12H2,1-2H3;1H. The minimum atomic E-state index is 0. The minimum absolute atomic E-state index is 0. The quantitative estimate of drug-likeness (QED) is 0.787. The molecule has 1 N–H and O–H groups in total. The minimum Gasteiger partial charge on any atom is -0.337 e. The molecule has 0 spiro atoms. The van der Waals surface area contributed by atoms with E-state index in [0.29, 0.717) is 6.04 Å². The third kappa shape index (κ3) is 3.05. The lowest BCUT2D eigenvalue weighted by Gasteiger charge is -2.35. The molecule has 3 aromatic heterocycles. The highest BCUT2D eigenvalue weighted by molar-refractivity contribution is 5.85. The molecule has 0 bridgehead atoms. The van der Waals surface area contributed by atoms with Gasteiger partial charge in [-0.25, -0.2) is 9.97 Å². The van der Waals surface area contributed by atoms with Crippen LogP contribution in [0.4, 0.5) is 0 Å². The van der Waals surface area contributed by atoms with E-state index in [1.165, 1.54) is 11.3 Å². The van der Waals surface area contributed by atoms with Gasteiger partial charge >= 0.3 is 0 Å². The zero-order valence-corrected chi connectivity index (χ0v) is 14.8. The first-order valence-electron chi connectivity index (χ1n) is 8.07. The first kappa shape index (κ1) is 17.0. The summed E-state index contributed by atoms with van der Waals surface area (Å²) in [6.07, 6.45) is 8.00. The van der Waals surface area contributed by atoms with Gasteiger partial charge in [-0.15, -0.1) is 12.4 Å². The van der Waals surface area contributed by atoms with Gasteiger partial charge in [0.25, 0.3) is 0 Å². The first-order chi connectivity index (χ1) is 11.2. The number of nitrogens with zero attached hydrogens (tertiary/aromatic N) is 5. The number of piperazine rings is 1. The summed E-state index contributed by atoms with van der Waals surface area (Å²) in [5.41, 5.74) is 3.48. The maximum Gasteiger partial charge on any atom is 0.137 e. The van der Waals surface area contributed by atoms with Crippen molar-refractivity contribution in [2.75, 3.05) is 19.6 Å². The van der Waals surface area contributed by atoms with E-state index in [0.717, 1.165) is 37.7 Å². The fraction of sp³-hybridized carbons (Fsp3) is 0.412. The van der Waals surface area contributed by atoms with Crippen molar-refractivity contribution >= 4 is 18.1 Å². The van der Waals surface area contributed by atoms with Crippen molar-refractivity contribution in [3.8, 4) is 0 Å². The largest absolute Gasteiger partial charge is 0.337 e. The Bertz CT molecular complexity index is 823. The predicted molar refractivity (Wildman–Crippen MR) is 96.4 cm³/mol. The SMILES string of the molecule is Cc1ccn2c(CN3CCNCC3c3nccn3C)cnc2c1.Cl. The molecule has 1 saturated heterocycles. The molecule has 7 heteroatoms. The van der Waals surface area contributed by atoms with Crippen LogP contribution < -0.4 is 5.32 Å². The summed E-state index contributed by atoms with van der Waals surface area (Å²) in [6, 6.07) is 4.55. The van der Waals surface area contributed by atoms with Crippen molar-refractivity contribution in [3.05, 3.63) is 54.0 Å². The van der Waals surface area contributed by atoms with Crippen LogP contribution in [-0.4, -0.2) is 43.5 Å². The van der Waals surface area contributed by atoms with Crippen molar-refractivity contribution in [1.29, 1.82) is 0 Å². The highest BCUT2D eigenvalue weighted by Crippen LogP contribution is 2.23. The summed E-state index contributed by atoms with van der Waals surface area (Å²) in [5.74, 6) is 1.11. The van der Waals surface area contributed by atoms with Gasteiger partial charge in [-0.2, -0.15) is 0 Å². The zero-order valence-electron chi connectivity index (χ0n) is 14.0. The Hall–Kier alpha value is -1.89. The van der Waals surface area contributed by atoms with Crippen LogP contribution in [0.1, 0.15) is 23.1 Å². The van der Waals surface area contributed by atoms with Gasteiger partial charge in [-0.3, -0.25) is 4.90 Å². The fourth-order valence-corrected chi connectivity index (χ4v) is 3.35. The normalized spacial score (nSPS) is 18.7. The summed E-state index contributed by atoms with van der Waals surface area (Å²) in [5, 5.41) is 3.49. The highest BCUT2D eigenvalue weighted by Gasteiger charge is 2.27. The van der Waals surface area contributed by atoms with E-state index in [1.807, 2.05) is 18.6 Å². The molecular weight excluding hydrogens is 324 g/mol. The fourth-order valence-electron chi connectivity index (χ4n) is 3.35. The van der Waals surface area contributed by atoms with E-state index < -0.39 is 0 Å². The van der Waals surface area contributed by atoms with E-state index in [1.54, 1.807) is 0 Å². The van der Waals surface area contributed by atoms with Crippen LogP contribution in [0.15, 0.2) is 36.9 Å². The maximum absolute atomic E-state index is 4.55. The van der Waals surface area contributed by atoms with E-state index >= 15 is 0 Å². The third-order valence-corrected chi connectivity index (χ3v) is 4.62. The van der Waals surface area contributed by atoms with Crippen molar-refractivity contribution in [3.63, 3.8) is 0 Å². The van der Waals surface area contributed by atoms with Crippen molar-refractivity contribution in [2.24, 2.45) is 7.05 Å². The molecule has 6 nitrogen and oxygen atoms in total. The Morgan fingerprint density at radius 1 is 1.29 bits per heavy atom. The average Bonchev–Trinajstić information content (AvgIpc) is 3.14. The van der Waals surface area contributed by atoms with E-state index in [4.69, 9.17) is 0 Å². The van der Waals surface area contributed by atoms with Gasteiger partial charge in [-0.05, 0) is 24.6 Å². The number of hydrogen-bond acceptors (Lipinski definition) is 4. The van der Waals surface area contributed by atoms with E-state index in [9.17, 15) is 0 Å². The monoisotopic (exact) mass is 346 g/mol. The van der Waals surface area contributed by atoms with Crippen molar-refractivity contribution in [1.82, 2.24) is 29.2 Å². The average molecular weight is 347 g/mol. The number of hydrogen-bond donors (Lipinski definition) is 1. The Kier molecular flexibility index (Phi) is 4.89. The lowest BCUT2D eigenvalue weighted by atomic mass is 10.1. The van der Waals surface area contributed by atoms with Crippen molar-refractivity contribution < 1.29 is 0 Å². The predicted octanol–water partition coefficient (Wildman–Crippen LogP) is 1.94. The molecule has 0 saturated carbocycles. The number of pyridine rings is 1. The summed E-state index contributed by atoms with van der Waals surface area (Å²) < 4.78 is 4.30. The summed E-state index contributed by atoms with van der Waals surface area (Å²) in [4.78, 5) is 11.6. The molecule has 1 aliphatic rings. The van der Waals surface area contributed by atoms with Gasteiger partial charge < -0.3 is 14.3 Å². The molecular formula is C17H23ClN6. The van der Waals surface area contributed by atoms with Gasteiger partial charge in [0.2, 0.25) is 0 Å². The van der Waals surface area contributed by atoms with Crippen LogP contribution in [0, 0.1) is 6.92 Å². The number of aryl methyl sites for hydroxylation is 2. The van der Waals surface area contributed by atoms with Crippen LogP contribution in [-0.2, 0) is 13.6 Å². The Balaban J connectivity index is 0.00000169. The van der Waals surface area contributed by atoms with Crippen LogP contribution >= 0.6 is 12.4 Å². The number of fused-ring (bicyclic) bond motifs is 1. The van der Waals surface area contributed by atoms with Crippen LogP contribution in [0.2, 0.25) is 0 Å². The smallest absolute Gasteiger partial charge is 0.137 e. The summed E-state index contributed by atoms with van der Waals surface area (Å²) in [6.45, 7) is 5.93. The second-order valence-corrected chi connectivity index (χ2v) is 6.27. The zero-order chi connectivity index (χ0) is 15.8. The third-order valence-electron chi connectivity index (χ3n) is 4.62. The molecule has 1 atom stereocenters. The Morgan fingerprint density at radius 3 is 2.96 bits per heavy atom. The Morgan fingerprint density at radius 2 is 2.17 bits per heavy atom. The maximum atomic E-state index is 4.55. The van der Waals surface area contributed by atoms with Gasteiger partial charge in [0, 0.05) is 51.8 Å². The number of aromatic nitrogens is 4. The molecule has 128 valence electrons. The molecule has 4 heterocycles. The van der Waals surface area contributed by atoms with Crippen LogP contribution in [0.3, 0.4) is 0 Å². The molecule has 0 amide bonds. The number of rotatable bonds is 3. The van der Waals surface area contributed by atoms with Crippen LogP contribution in [0.25, 0.3) is 5.65 Å². The van der Waals surface area contributed by atoms with E-state index in [-0.39, 0.29) is 12.4 Å². The molecule has 3 aromatic rings. The molecule has 1 aliphatic heterocycles. The molecule has 4 rings (SSSR count). The lowest BCUT2D eigenvalue weighted by molar-refractivity contribution is 0.142. The number of nitrogens with one attached hydrogen (secondary N) is 1. The molecule has 1 unspecified atom stereocenters. The van der Waals surface area contributed by atoms with Gasteiger partial charge in [0.1, 0.15) is 11.5 Å². The van der Waals surface area contributed by atoms with Gasteiger partial charge in [0.15, 0.2) is 0 Å².